The molecule has 0 bridgehead atoms. The van der Waals surface area contributed by atoms with Crippen LogP contribution in [0, 0.1) is 6.92 Å². The van der Waals surface area contributed by atoms with Gasteiger partial charge in [0.05, 0.1) is 6.54 Å². The molecular formula is C11H12BrNO. The summed E-state index contributed by atoms with van der Waals surface area (Å²) in [6.07, 6.45) is 0. The van der Waals surface area contributed by atoms with E-state index in [1.54, 1.807) is 0 Å². The lowest BCUT2D eigenvalue weighted by atomic mass is 10.2. The van der Waals surface area contributed by atoms with Crippen molar-refractivity contribution in [2.24, 2.45) is 0 Å². The monoisotopic (exact) mass is 253 g/mol. The number of fused-ring (bicyclic) bond motifs is 1. The Labute approximate surface area is 91.4 Å². The predicted molar refractivity (Wildman–Crippen MR) is 61.4 cm³/mol. The summed E-state index contributed by atoms with van der Waals surface area (Å²) in [5.74, 6) is 0.976. The quantitative estimate of drug-likeness (QED) is 0.890. The van der Waals surface area contributed by atoms with E-state index in [2.05, 4.69) is 46.4 Å². The standard InChI is InChI=1S/C11H12BrNO/c1-7-3-9(12)4-8-5-10(6-13-2)14-11(7)8/h3-5,13H,6H2,1-2H3. The molecule has 2 rings (SSSR count). The Morgan fingerprint density at radius 2 is 2.14 bits per heavy atom. The molecule has 1 N–H and O–H groups in total. The maximum Gasteiger partial charge on any atom is 0.137 e. The summed E-state index contributed by atoms with van der Waals surface area (Å²) in [4.78, 5) is 0. The SMILES string of the molecule is CNCc1cc2cc(Br)cc(C)c2o1. The molecule has 0 atom stereocenters. The first-order valence-electron chi connectivity index (χ1n) is 4.54. The van der Waals surface area contributed by atoms with Crippen molar-refractivity contribution in [2.45, 2.75) is 13.5 Å². The highest BCUT2D eigenvalue weighted by Crippen LogP contribution is 2.26. The summed E-state index contributed by atoms with van der Waals surface area (Å²) in [5.41, 5.74) is 2.15. The summed E-state index contributed by atoms with van der Waals surface area (Å²) >= 11 is 3.47. The molecule has 0 spiro atoms. The van der Waals surface area contributed by atoms with E-state index in [9.17, 15) is 0 Å². The second-order valence-corrected chi connectivity index (χ2v) is 4.30. The lowest BCUT2D eigenvalue weighted by Gasteiger charge is -1.95. The molecule has 0 aliphatic rings. The minimum Gasteiger partial charge on any atom is -0.459 e. The summed E-state index contributed by atoms with van der Waals surface area (Å²) in [6.45, 7) is 2.82. The van der Waals surface area contributed by atoms with Crippen LogP contribution in [0.15, 0.2) is 27.1 Å². The van der Waals surface area contributed by atoms with E-state index < -0.39 is 0 Å². The highest BCUT2D eigenvalue weighted by atomic mass is 79.9. The number of nitrogens with one attached hydrogen (secondary N) is 1. The number of hydrogen-bond acceptors (Lipinski definition) is 2. The van der Waals surface area contributed by atoms with Gasteiger partial charge >= 0.3 is 0 Å². The van der Waals surface area contributed by atoms with E-state index in [0.717, 1.165) is 33.3 Å². The fraction of sp³-hybridized carbons (Fsp3) is 0.273. The zero-order valence-electron chi connectivity index (χ0n) is 8.23. The summed E-state index contributed by atoms with van der Waals surface area (Å²) in [5, 5.41) is 4.23. The smallest absolute Gasteiger partial charge is 0.137 e. The summed E-state index contributed by atoms with van der Waals surface area (Å²) in [7, 11) is 1.91. The van der Waals surface area contributed by atoms with Crippen LogP contribution in [0.25, 0.3) is 11.0 Å². The van der Waals surface area contributed by atoms with E-state index >= 15 is 0 Å². The van der Waals surface area contributed by atoms with Gasteiger partial charge in [-0.3, -0.25) is 0 Å². The topological polar surface area (TPSA) is 25.2 Å². The zero-order valence-corrected chi connectivity index (χ0v) is 9.81. The minimum absolute atomic E-state index is 0.770. The van der Waals surface area contributed by atoms with E-state index in [-0.39, 0.29) is 0 Å². The van der Waals surface area contributed by atoms with Gasteiger partial charge in [-0.25, -0.2) is 0 Å². The molecule has 2 nitrogen and oxygen atoms in total. The number of aryl methyl sites for hydroxylation is 1. The van der Waals surface area contributed by atoms with Gasteiger partial charge in [-0.05, 0) is 37.7 Å². The number of furan rings is 1. The molecule has 0 aliphatic heterocycles. The van der Waals surface area contributed by atoms with E-state index in [1.165, 1.54) is 0 Å². The largest absolute Gasteiger partial charge is 0.459 e. The van der Waals surface area contributed by atoms with Gasteiger partial charge in [-0.15, -0.1) is 0 Å². The Kier molecular flexibility index (Phi) is 2.61. The van der Waals surface area contributed by atoms with Crippen LogP contribution in [0.1, 0.15) is 11.3 Å². The Hall–Kier alpha value is -0.800. The van der Waals surface area contributed by atoms with Crippen LogP contribution in [0.4, 0.5) is 0 Å². The van der Waals surface area contributed by atoms with Gasteiger partial charge in [-0.1, -0.05) is 15.9 Å². The van der Waals surface area contributed by atoms with Gasteiger partial charge in [0.25, 0.3) is 0 Å². The number of rotatable bonds is 2. The number of benzene rings is 1. The molecule has 1 aromatic heterocycles. The summed E-state index contributed by atoms with van der Waals surface area (Å²) in [6, 6.07) is 6.21. The fourth-order valence-electron chi connectivity index (χ4n) is 1.60. The van der Waals surface area contributed by atoms with Gasteiger partial charge in [0.2, 0.25) is 0 Å². The molecule has 1 heterocycles. The van der Waals surface area contributed by atoms with Crippen LogP contribution in [-0.4, -0.2) is 7.05 Å². The van der Waals surface area contributed by atoms with Crippen LogP contribution < -0.4 is 5.32 Å². The lowest BCUT2D eigenvalue weighted by Crippen LogP contribution is -2.03. The van der Waals surface area contributed by atoms with Crippen molar-refractivity contribution in [2.75, 3.05) is 7.05 Å². The Morgan fingerprint density at radius 1 is 1.36 bits per heavy atom. The molecule has 3 heteroatoms. The molecule has 0 fully saturated rings. The van der Waals surface area contributed by atoms with Crippen LogP contribution in [0.5, 0.6) is 0 Å². The van der Waals surface area contributed by atoms with Crippen LogP contribution in [0.3, 0.4) is 0 Å². The van der Waals surface area contributed by atoms with Gasteiger partial charge in [-0.2, -0.15) is 0 Å². The summed E-state index contributed by atoms with van der Waals surface area (Å²) < 4.78 is 6.81. The maximum absolute atomic E-state index is 5.71. The average Bonchev–Trinajstić information content (AvgIpc) is 2.48. The number of halogens is 1. The number of hydrogen-bond donors (Lipinski definition) is 1. The molecule has 0 radical (unpaired) electrons. The third kappa shape index (κ3) is 1.70. The fourth-order valence-corrected chi connectivity index (χ4v) is 2.19. The highest BCUT2D eigenvalue weighted by Gasteiger charge is 2.06. The molecule has 0 aliphatic carbocycles. The van der Waals surface area contributed by atoms with Crippen LogP contribution in [-0.2, 0) is 6.54 Å². The molecule has 0 saturated heterocycles. The second kappa shape index (κ2) is 3.75. The van der Waals surface area contributed by atoms with Crippen LogP contribution in [0.2, 0.25) is 0 Å². The zero-order chi connectivity index (χ0) is 10.1. The third-order valence-electron chi connectivity index (χ3n) is 2.17. The molecule has 2 aromatic rings. The maximum atomic E-state index is 5.71. The van der Waals surface area contributed by atoms with Crippen molar-refractivity contribution in [3.05, 3.63) is 34.0 Å². The average molecular weight is 254 g/mol. The lowest BCUT2D eigenvalue weighted by molar-refractivity contribution is 0.529. The predicted octanol–water partition coefficient (Wildman–Crippen LogP) is 3.22. The van der Waals surface area contributed by atoms with Crippen molar-refractivity contribution >= 4 is 26.9 Å². The van der Waals surface area contributed by atoms with Gasteiger partial charge in [0.1, 0.15) is 11.3 Å². The van der Waals surface area contributed by atoms with Gasteiger partial charge in [0.15, 0.2) is 0 Å². The van der Waals surface area contributed by atoms with Crippen molar-refractivity contribution in [1.29, 1.82) is 0 Å². The first kappa shape index (κ1) is 9.74. The third-order valence-corrected chi connectivity index (χ3v) is 2.63. The second-order valence-electron chi connectivity index (χ2n) is 3.38. The molecule has 0 amide bonds. The molecule has 1 aromatic carbocycles. The van der Waals surface area contributed by atoms with Gasteiger partial charge < -0.3 is 9.73 Å². The molecule has 0 unspecified atom stereocenters. The minimum atomic E-state index is 0.770. The Morgan fingerprint density at radius 3 is 2.86 bits per heavy atom. The molecule has 0 saturated carbocycles. The first-order chi connectivity index (χ1) is 6.70. The van der Waals surface area contributed by atoms with Crippen molar-refractivity contribution in [3.63, 3.8) is 0 Å². The van der Waals surface area contributed by atoms with E-state index in [1.807, 2.05) is 7.05 Å². The van der Waals surface area contributed by atoms with Gasteiger partial charge in [0, 0.05) is 9.86 Å². The van der Waals surface area contributed by atoms with Crippen molar-refractivity contribution in [1.82, 2.24) is 5.32 Å². The molecule has 74 valence electrons. The van der Waals surface area contributed by atoms with Crippen molar-refractivity contribution in [3.8, 4) is 0 Å². The normalized spacial score (nSPS) is 11.1. The molecular weight excluding hydrogens is 242 g/mol. The van der Waals surface area contributed by atoms with Crippen LogP contribution >= 0.6 is 15.9 Å². The van der Waals surface area contributed by atoms with E-state index in [4.69, 9.17) is 4.42 Å². The molecule has 14 heavy (non-hydrogen) atoms. The highest BCUT2D eigenvalue weighted by molar-refractivity contribution is 9.10. The van der Waals surface area contributed by atoms with E-state index in [0.29, 0.717) is 0 Å². The Bertz CT molecular complexity index is 462. The first-order valence-corrected chi connectivity index (χ1v) is 5.33. The van der Waals surface area contributed by atoms with Crippen molar-refractivity contribution < 1.29 is 4.42 Å². The Balaban J connectivity index is 2.58.